The van der Waals surface area contributed by atoms with E-state index in [1.165, 1.54) is 55.3 Å². The summed E-state index contributed by atoms with van der Waals surface area (Å²) in [7, 11) is 2.73. The van der Waals surface area contributed by atoms with Crippen LogP contribution in [0.15, 0.2) is 36.5 Å². The Morgan fingerprint density at radius 3 is 2.42 bits per heavy atom. The number of imidazole rings is 1. The highest BCUT2D eigenvalue weighted by molar-refractivity contribution is 6.34. The number of anilines is 1. The second-order valence-electron chi connectivity index (χ2n) is 10.1. The smallest absolute Gasteiger partial charge is 0.291 e. The van der Waals surface area contributed by atoms with Crippen LogP contribution >= 0.6 is 11.6 Å². The molecule has 5 N–H and O–H groups in total. The number of hydrogen-bond donors (Lipinski definition) is 4. The molecule has 1 saturated carbocycles. The van der Waals surface area contributed by atoms with Crippen molar-refractivity contribution in [2.45, 2.75) is 24.9 Å². The zero-order valence-electron chi connectivity index (χ0n) is 23.1. The number of hydrogen-bond acceptors (Lipinski definition) is 7. The molecular weight excluding hydrogens is 590 g/mol. The molecule has 2 fully saturated rings. The van der Waals surface area contributed by atoms with E-state index in [1.807, 2.05) is 0 Å². The van der Waals surface area contributed by atoms with Crippen LogP contribution in [0.25, 0.3) is 11.3 Å². The number of methoxy groups -OCH3 is 1. The average Bonchev–Trinajstić information content (AvgIpc) is 3.31. The molecule has 228 valence electrons. The molecule has 0 atom stereocenters. The maximum atomic E-state index is 14.6. The third kappa shape index (κ3) is 6.60. The van der Waals surface area contributed by atoms with E-state index in [0.29, 0.717) is 31.6 Å². The summed E-state index contributed by atoms with van der Waals surface area (Å²) in [6.07, 6.45) is 2.37. The highest BCUT2D eigenvalue weighted by atomic mass is 35.5. The summed E-state index contributed by atoms with van der Waals surface area (Å²) >= 11 is 6.34. The van der Waals surface area contributed by atoms with Crippen LogP contribution < -0.4 is 21.1 Å². The zero-order chi connectivity index (χ0) is 31.4. The predicted octanol–water partition coefficient (Wildman–Crippen LogP) is 2.66. The highest BCUT2D eigenvalue weighted by Crippen LogP contribution is 2.32. The summed E-state index contributed by atoms with van der Waals surface area (Å²) in [6.45, 7) is 0.904. The Labute approximate surface area is 249 Å². The van der Waals surface area contributed by atoms with Crippen molar-refractivity contribution in [3.05, 3.63) is 64.6 Å². The van der Waals surface area contributed by atoms with Crippen molar-refractivity contribution < 1.29 is 37.8 Å². The van der Waals surface area contributed by atoms with Crippen LogP contribution in [0.2, 0.25) is 5.02 Å². The molecule has 2 aromatic carbocycles. The third-order valence-corrected chi connectivity index (χ3v) is 7.56. The minimum Gasteiger partial charge on any atom is -0.494 e. The molecule has 43 heavy (non-hydrogen) atoms. The van der Waals surface area contributed by atoms with E-state index in [-0.39, 0.29) is 69.7 Å². The summed E-state index contributed by atoms with van der Waals surface area (Å²) in [6, 6.07) is 6.96. The van der Waals surface area contributed by atoms with Gasteiger partial charge >= 0.3 is 0 Å². The molecule has 0 bridgehead atoms. The second kappa shape index (κ2) is 13.2. The molecule has 0 unspecified atom stereocenters. The lowest BCUT2D eigenvalue weighted by atomic mass is 9.78. The number of ether oxygens (including phenoxy) is 1. The molecule has 5 rings (SSSR count). The van der Waals surface area contributed by atoms with Gasteiger partial charge in [-0.05, 0) is 43.2 Å². The van der Waals surface area contributed by atoms with Gasteiger partial charge in [0, 0.05) is 49.4 Å². The number of carbonyl (C=O) groups is 4. The van der Waals surface area contributed by atoms with Gasteiger partial charge in [0.1, 0.15) is 0 Å². The summed E-state index contributed by atoms with van der Waals surface area (Å²) in [5.41, 5.74) is 6.36. The minimum atomic E-state index is -1.14. The minimum absolute atomic E-state index is 0.0468. The van der Waals surface area contributed by atoms with Crippen molar-refractivity contribution in [2.75, 3.05) is 25.5 Å². The molecular formula is C28H29ClF2N6O6. The standard InChI is InChI=1S/C27H27ClF2N6O4.CH2O2/c1-35-20(18-5-6-21(40-2)23(30)22(18)29)10-32-24(35)26(38)33-15-3-4-17(19(28)9-15)25(37)34-16-7-13(8-16)27(39)36-11-14(31)12-36;2-1-3/h3-6,9-10,13-14,16H,7-8,11-12,31H2,1-2H3,(H,33,38)(H,34,37);1H,(H,2,3). The quantitative estimate of drug-likeness (QED) is 0.293. The lowest BCUT2D eigenvalue weighted by Gasteiger charge is -2.43. The molecule has 1 saturated heterocycles. The summed E-state index contributed by atoms with van der Waals surface area (Å²) < 4.78 is 34.9. The third-order valence-electron chi connectivity index (χ3n) is 7.25. The SMILES string of the molecule is COc1ccc(-c2cnc(C(=O)Nc3ccc(C(=O)NC4CC(C(=O)N5CC(N)C5)C4)c(Cl)c3)n2C)c(F)c1F.O=CO. The van der Waals surface area contributed by atoms with Crippen LogP contribution in [0.4, 0.5) is 14.5 Å². The first-order chi connectivity index (χ1) is 20.5. The Bertz CT molecular complexity index is 1550. The summed E-state index contributed by atoms with van der Waals surface area (Å²) in [4.78, 5) is 52.1. The molecule has 1 aromatic heterocycles. The second-order valence-corrected chi connectivity index (χ2v) is 10.5. The van der Waals surface area contributed by atoms with Crippen LogP contribution in [0.1, 0.15) is 33.8 Å². The number of carboxylic acid groups (broad SMARTS) is 1. The number of aromatic nitrogens is 2. The van der Waals surface area contributed by atoms with Crippen LogP contribution in [0.5, 0.6) is 5.75 Å². The van der Waals surface area contributed by atoms with Gasteiger partial charge in [-0.2, -0.15) is 4.39 Å². The number of amides is 3. The monoisotopic (exact) mass is 618 g/mol. The lowest BCUT2D eigenvalue weighted by molar-refractivity contribution is -0.143. The number of halogens is 3. The van der Waals surface area contributed by atoms with Crippen molar-refractivity contribution in [3.8, 4) is 17.0 Å². The molecule has 2 heterocycles. The average molecular weight is 619 g/mol. The number of nitrogens with two attached hydrogens (primary N) is 1. The van der Waals surface area contributed by atoms with Crippen LogP contribution in [-0.4, -0.2) is 76.0 Å². The topological polar surface area (TPSA) is 169 Å². The predicted molar refractivity (Wildman–Crippen MR) is 152 cm³/mol. The zero-order valence-corrected chi connectivity index (χ0v) is 23.9. The number of rotatable bonds is 7. The van der Waals surface area contributed by atoms with Crippen molar-refractivity contribution in [1.29, 1.82) is 0 Å². The van der Waals surface area contributed by atoms with E-state index in [0.717, 1.165) is 0 Å². The fourth-order valence-corrected chi connectivity index (χ4v) is 5.14. The number of carbonyl (C=O) groups excluding carboxylic acids is 3. The molecule has 1 aliphatic heterocycles. The van der Waals surface area contributed by atoms with Crippen molar-refractivity contribution in [1.82, 2.24) is 19.8 Å². The molecule has 2 aliphatic rings. The maximum absolute atomic E-state index is 14.6. The van der Waals surface area contributed by atoms with Gasteiger partial charge < -0.3 is 35.7 Å². The molecule has 0 radical (unpaired) electrons. The van der Waals surface area contributed by atoms with Gasteiger partial charge in [0.2, 0.25) is 11.7 Å². The number of nitrogens with one attached hydrogen (secondary N) is 2. The number of likely N-dealkylation sites (tertiary alicyclic amines) is 1. The van der Waals surface area contributed by atoms with Crippen molar-refractivity contribution in [2.24, 2.45) is 18.7 Å². The van der Waals surface area contributed by atoms with Crippen LogP contribution in [-0.2, 0) is 16.6 Å². The van der Waals surface area contributed by atoms with Gasteiger partial charge in [0.05, 0.1) is 29.6 Å². The Morgan fingerprint density at radius 2 is 1.81 bits per heavy atom. The Balaban J connectivity index is 0.00000135. The van der Waals surface area contributed by atoms with E-state index in [9.17, 15) is 23.2 Å². The van der Waals surface area contributed by atoms with Gasteiger partial charge in [-0.3, -0.25) is 19.2 Å². The molecule has 3 aromatic rings. The van der Waals surface area contributed by atoms with E-state index in [4.69, 9.17) is 32.0 Å². The molecule has 12 nitrogen and oxygen atoms in total. The Hall–Kier alpha value is -4.56. The van der Waals surface area contributed by atoms with Crippen molar-refractivity contribution >= 4 is 41.5 Å². The molecule has 15 heteroatoms. The van der Waals surface area contributed by atoms with Gasteiger partial charge in [-0.15, -0.1) is 0 Å². The van der Waals surface area contributed by atoms with E-state index < -0.39 is 17.5 Å². The molecule has 3 amide bonds. The van der Waals surface area contributed by atoms with E-state index in [2.05, 4.69) is 15.6 Å². The first-order valence-corrected chi connectivity index (χ1v) is 13.4. The van der Waals surface area contributed by atoms with Crippen molar-refractivity contribution in [3.63, 3.8) is 0 Å². The molecule has 1 aliphatic carbocycles. The van der Waals surface area contributed by atoms with E-state index >= 15 is 0 Å². The fraction of sp³-hybridized carbons (Fsp3) is 0.321. The highest BCUT2D eigenvalue weighted by Gasteiger charge is 2.40. The lowest BCUT2D eigenvalue weighted by Crippen LogP contribution is -2.61. The normalized spacial score (nSPS) is 17.5. The first kappa shape index (κ1) is 31.4. The number of nitrogens with zero attached hydrogens (tertiary/aromatic N) is 3. The Morgan fingerprint density at radius 1 is 1.14 bits per heavy atom. The summed E-state index contributed by atoms with van der Waals surface area (Å²) in [5, 5.41) is 12.5. The first-order valence-electron chi connectivity index (χ1n) is 13.1. The van der Waals surface area contributed by atoms with Gasteiger partial charge in [-0.25, -0.2) is 9.37 Å². The maximum Gasteiger partial charge on any atom is 0.291 e. The van der Waals surface area contributed by atoms with Crippen LogP contribution in [0, 0.1) is 17.6 Å². The summed E-state index contributed by atoms with van der Waals surface area (Å²) in [5.74, 6) is -3.61. The van der Waals surface area contributed by atoms with Crippen LogP contribution in [0.3, 0.4) is 0 Å². The molecule has 0 spiro atoms. The Kier molecular flexibility index (Phi) is 9.61. The van der Waals surface area contributed by atoms with Gasteiger partial charge in [0.15, 0.2) is 17.4 Å². The largest absolute Gasteiger partial charge is 0.494 e. The number of benzene rings is 2. The van der Waals surface area contributed by atoms with Gasteiger partial charge in [0.25, 0.3) is 18.3 Å². The fourth-order valence-electron chi connectivity index (χ4n) is 4.87. The van der Waals surface area contributed by atoms with E-state index in [1.54, 1.807) is 4.90 Å². The van der Waals surface area contributed by atoms with Gasteiger partial charge in [-0.1, -0.05) is 11.6 Å².